The normalized spacial score (nSPS) is 10.1. The van der Waals surface area contributed by atoms with Crippen molar-refractivity contribution < 1.29 is 15.3 Å². The van der Waals surface area contributed by atoms with E-state index in [0.717, 1.165) is 5.56 Å². The summed E-state index contributed by atoms with van der Waals surface area (Å²) in [6.07, 6.45) is 2.76. The van der Waals surface area contributed by atoms with Gasteiger partial charge in [0.15, 0.2) is 0 Å². The Labute approximate surface area is 147 Å². The molecule has 0 radical (unpaired) electrons. The number of pyridine rings is 1. The maximum atomic E-state index is 12.0. The number of aliphatic hydroxyl groups is 1. The van der Waals surface area contributed by atoms with E-state index in [-0.39, 0.29) is 50.5 Å². The van der Waals surface area contributed by atoms with Gasteiger partial charge in [-0.1, -0.05) is 23.6 Å². The topological polar surface area (TPSA) is 91.6 Å². The first-order valence-corrected chi connectivity index (χ1v) is 12.8. The van der Waals surface area contributed by atoms with E-state index in [0.29, 0.717) is 11.3 Å². The number of benzene rings is 1. The Balaban J connectivity index is 0.000000816. The zero-order valence-corrected chi connectivity index (χ0v) is 16.6. The second kappa shape index (κ2) is 9.52. The van der Waals surface area contributed by atoms with E-state index in [2.05, 4.69) is 19.9 Å². The van der Waals surface area contributed by atoms with Gasteiger partial charge in [-0.25, -0.2) is 0 Å². The van der Waals surface area contributed by atoms with Crippen LogP contribution >= 0.6 is 0 Å². The molecule has 1 aromatic carbocycles. The van der Waals surface area contributed by atoms with Gasteiger partial charge >= 0.3 is 31.0 Å². The van der Waals surface area contributed by atoms with Crippen molar-refractivity contribution in [1.82, 2.24) is 4.98 Å². The second-order valence-corrected chi connectivity index (χ2v) is 7.85. The Bertz CT molecular complexity index is 688. The van der Waals surface area contributed by atoms with Crippen molar-refractivity contribution in [2.45, 2.75) is 30.3 Å². The van der Waals surface area contributed by atoms with Crippen molar-refractivity contribution in [2.24, 2.45) is 4.99 Å². The molecule has 1 heterocycles. The number of aliphatic hydroxyl groups excluding tert-OH is 1. The average Bonchev–Trinajstić information content (AvgIpc) is 2.52. The summed E-state index contributed by atoms with van der Waals surface area (Å²) in [5, 5.41) is 32.9. The quantitative estimate of drug-likeness (QED) is 0.608. The molecule has 0 amide bonds. The number of aromatic nitrogens is 1. The van der Waals surface area contributed by atoms with Gasteiger partial charge in [0.05, 0.1) is 12.3 Å². The molecule has 0 atom stereocenters. The molecule has 2 rings (SSSR count). The van der Waals surface area contributed by atoms with Crippen molar-refractivity contribution in [2.75, 3.05) is 0 Å². The van der Waals surface area contributed by atoms with Gasteiger partial charge in [0.2, 0.25) is 0 Å². The van der Waals surface area contributed by atoms with Crippen molar-refractivity contribution >= 4 is 33.0 Å². The van der Waals surface area contributed by atoms with Crippen LogP contribution in [0.1, 0.15) is 22.4 Å². The van der Waals surface area contributed by atoms with Crippen LogP contribution in [-0.4, -0.2) is 37.4 Å². The molecule has 1 N–H and O–H groups in total. The molecule has 0 unspecified atom stereocenters. The Morgan fingerprint density at radius 3 is 2.52 bits per heavy atom. The van der Waals surface area contributed by atoms with E-state index in [4.69, 9.17) is 0 Å². The first-order chi connectivity index (χ1) is 10.9. The van der Waals surface area contributed by atoms with Crippen LogP contribution in [0.5, 0.6) is 11.5 Å². The van der Waals surface area contributed by atoms with Crippen LogP contribution in [0.25, 0.3) is 0 Å². The molecule has 0 bridgehead atoms. The van der Waals surface area contributed by atoms with E-state index in [9.17, 15) is 15.3 Å². The first kappa shape index (κ1) is 19.4. The zero-order chi connectivity index (χ0) is 17.4. The number of hydrogen-bond acceptors (Lipinski definition) is 5. The third kappa shape index (κ3) is 5.51. The molecule has 2 aromatic rings. The van der Waals surface area contributed by atoms with Crippen LogP contribution in [0.15, 0.2) is 29.4 Å². The van der Waals surface area contributed by atoms with Crippen LogP contribution in [0.3, 0.4) is 0 Å². The Hall–Kier alpha value is -1.60. The number of rotatable bonds is 3. The Morgan fingerprint density at radius 1 is 1.26 bits per heavy atom. The molecule has 0 saturated carbocycles. The van der Waals surface area contributed by atoms with E-state index in [1.54, 1.807) is 19.1 Å². The van der Waals surface area contributed by atoms with Crippen LogP contribution in [0, 0.1) is 13.8 Å². The first-order valence-electron chi connectivity index (χ1n) is 7.11. The average molecular weight is 419 g/mol. The van der Waals surface area contributed by atoms with Gasteiger partial charge in [-0.15, -0.1) is 0 Å². The van der Waals surface area contributed by atoms with Gasteiger partial charge in [0, 0.05) is 23.7 Å². The molecule has 0 aliphatic heterocycles. The second-order valence-electron chi connectivity index (χ2n) is 5.00. The minimum absolute atomic E-state index is 0.212. The van der Waals surface area contributed by atoms with E-state index < -0.39 is 0 Å². The third-order valence-electron chi connectivity index (χ3n) is 2.95. The van der Waals surface area contributed by atoms with Gasteiger partial charge in [-0.2, -0.15) is 0 Å². The van der Waals surface area contributed by atoms with Crippen molar-refractivity contribution in [3.63, 3.8) is 0 Å². The molecule has 5 nitrogen and oxygen atoms in total. The summed E-state index contributed by atoms with van der Waals surface area (Å²) in [6, 6.07) is 4.79. The van der Waals surface area contributed by atoms with Gasteiger partial charge in [-0.05, 0) is 31.0 Å². The SMILES string of the molecule is Cc1ccc([O-])c(N=Cc2c(CO)cnc(C)c2[O-])c1.[CH3][Sn+2][CH3]. The summed E-state index contributed by atoms with van der Waals surface area (Å²) in [5.74, 6) is -0.504. The monoisotopic (exact) mass is 420 g/mol. The predicted molar refractivity (Wildman–Crippen MR) is 89.7 cm³/mol. The van der Waals surface area contributed by atoms with Crippen molar-refractivity contribution in [1.29, 1.82) is 0 Å². The number of hydrogen-bond donors (Lipinski definition) is 1. The summed E-state index contributed by atoms with van der Waals surface area (Å²) in [4.78, 5) is 12.6. The van der Waals surface area contributed by atoms with Crippen molar-refractivity contribution in [3.05, 3.63) is 46.8 Å². The van der Waals surface area contributed by atoms with Gasteiger partial charge < -0.3 is 15.3 Å². The molecule has 6 heteroatoms. The van der Waals surface area contributed by atoms with Crippen LogP contribution < -0.4 is 10.2 Å². The van der Waals surface area contributed by atoms with Gasteiger partial charge in [0.25, 0.3) is 0 Å². The number of aliphatic imine (C=N–C) groups is 1. The molecule has 0 fully saturated rings. The van der Waals surface area contributed by atoms with Crippen LogP contribution in [-0.2, 0) is 6.61 Å². The zero-order valence-electron chi connectivity index (χ0n) is 13.8. The maximum absolute atomic E-state index is 12.0. The van der Waals surface area contributed by atoms with E-state index in [1.807, 2.05) is 6.92 Å². The van der Waals surface area contributed by atoms with E-state index in [1.165, 1.54) is 18.5 Å². The summed E-state index contributed by atoms with van der Waals surface area (Å²) in [5.41, 5.74) is 2.16. The number of aryl methyl sites for hydroxylation is 2. The van der Waals surface area contributed by atoms with Gasteiger partial charge in [-0.3, -0.25) is 9.98 Å². The molecule has 23 heavy (non-hydrogen) atoms. The number of nitrogens with zero attached hydrogens (tertiary/aromatic N) is 2. The molecule has 120 valence electrons. The predicted octanol–water partition coefficient (Wildman–Crippen LogP) is 1.88. The van der Waals surface area contributed by atoms with Crippen LogP contribution in [0.2, 0.25) is 9.88 Å². The Morgan fingerprint density at radius 2 is 1.91 bits per heavy atom. The fraction of sp³-hybridized carbons (Fsp3) is 0.294. The Kier molecular flexibility index (Phi) is 8.05. The summed E-state index contributed by atoms with van der Waals surface area (Å²) in [7, 11) is 0. The minimum atomic E-state index is -0.304. The molecular weight excluding hydrogens is 399 g/mol. The molecule has 0 spiro atoms. The fourth-order valence-electron chi connectivity index (χ4n) is 1.77. The summed E-state index contributed by atoms with van der Waals surface area (Å²) in [6.45, 7) is 3.14. The standard InChI is InChI=1S/C15H16N2O3.2CH3.Sn/c1-9-3-4-14(19)13(5-9)17-7-12-11(8-18)6-16-10(2)15(12)20;;;/h3-7,18-20H,8H2,1-2H3;2*1H3;/q;;;+2/p-2. The summed E-state index contributed by atoms with van der Waals surface area (Å²) < 4.78 is 0. The fourth-order valence-corrected chi connectivity index (χ4v) is 1.77. The van der Waals surface area contributed by atoms with Crippen LogP contribution in [0.4, 0.5) is 5.69 Å². The molecule has 0 saturated heterocycles. The molecule has 1 aromatic heterocycles. The van der Waals surface area contributed by atoms with Crippen molar-refractivity contribution in [3.8, 4) is 11.5 Å². The third-order valence-corrected chi connectivity index (χ3v) is 2.95. The summed E-state index contributed by atoms with van der Waals surface area (Å²) >= 11 is 0.230. The van der Waals surface area contributed by atoms with E-state index >= 15 is 0 Å². The molecular formula is C17H20N2O3Sn. The van der Waals surface area contributed by atoms with Gasteiger partial charge in [0.1, 0.15) is 0 Å². The molecule has 0 aliphatic carbocycles. The molecule has 0 aliphatic rings.